The van der Waals surface area contributed by atoms with E-state index in [1.54, 1.807) is 13.0 Å². The number of methoxy groups -OCH3 is 1. The number of carbonyl (C=O) groups is 1. The number of nitrogens with one attached hydrogen (secondary N) is 1. The number of esters is 1. The van der Waals surface area contributed by atoms with Crippen LogP contribution in [0, 0.1) is 12.8 Å². The average Bonchev–Trinajstić information content (AvgIpc) is 2.69. The zero-order chi connectivity index (χ0) is 13.5. The molecule has 0 saturated heterocycles. The van der Waals surface area contributed by atoms with Crippen molar-refractivity contribution >= 4 is 12.0 Å². The predicted octanol–water partition coefficient (Wildman–Crippen LogP) is 2.63. The fourth-order valence-corrected chi connectivity index (χ4v) is 1.53. The summed E-state index contributed by atoms with van der Waals surface area (Å²) in [5.74, 6) is 1.51. The van der Waals surface area contributed by atoms with Crippen molar-refractivity contribution in [2.24, 2.45) is 5.92 Å². The lowest BCUT2D eigenvalue weighted by Crippen LogP contribution is -2.19. The van der Waals surface area contributed by atoms with E-state index in [-0.39, 0.29) is 5.97 Å². The van der Waals surface area contributed by atoms with E-state index in [1.165, 1.54) is 7.11 Å². The predicted molar refractivity (Wildman–Crippen MR) is 71.5 cm³/mol. The summed E-state index contributed by atoms with van der Waals surface area (Å²) in [5.41, 5.74) is 0.479. The summed E-state index contributed by atoms with van der Waals surface area (Å²) >= 11 is 0. The highest BCUT2D eigenvalue weighted by atomic mass is 16.5. The third-order valence-electron chi connectivity index (χ3n) is 2.44. The summed E-state index contributed by atoms with van der Waals surface area (Å²) in [6.45, 7) is 7.84. The maximum Gasteiger partial charge on any atom is 0.341 e. The monoisotopic (exact) mass is 251 g/mol. The summed E-state index contributed by atoms with van der Waals surface area (Å²) in [6, 6.07) is 1.69. The highest BCUT2D eigenvalue weighted by Gasteiger charge is 2.13. The number of hydrogen-bond donors (Lipinski definition) is 1. The Hall–Kier alpha value is -1.55. The molecule has 4 heteroatoms. The van der Waals surface area contributed by atoms with E-state index in [9.17, 15) is 4.79 Å². The Kier molecular flexibility index (Phi) is 5.65. The minimum absolute atomic E-state index is 0.367. The lowest BCUT2D eigenvalue weighted by Gasteiger charge is -2.03. The van der Waals surface area contributed by atoms with Crippen LogP contribution in [0.3, 0.4) is 0 Å². The second-order valence-electron chi connectivity index (χ2n) is 4.56. The maximum absolute atomic E-state index is 11.4. The van der Waals surface area contributed by atoms with Crippen molar-refractivity contribution in [3.8, 4) is 0 Å². The van der Waals surface area contributed by atoms with Crippen LogP contribution in [0.15, 0.2) is 16.6 Å². The third-order valence-corrected chi connectivity index (χ3v) is 2.44. The maximum atomic E-state index is 11.4. The number of hydrogen-bond acceptors (Lipinski definition) is 4. The van der Waals surface area contributed by atoms with Gasteiger partial charge in [0.25, 0.3) is 0 Å². The minimum Gasteiger partial charge on any atom is -0.465 e. The van der Waals surface area contributed by atoms with Crippen molar-refractivity contribution in [2.45, 2.75) is 20.8 Å². The summed E-state index contributed by atoms with van der Waals surface area (Å²) < 4.78 is 10.1. The van der Waals surface area contributed by atoms with Gasteiger partial charge in [-0.15, -0.1) is 0 Å². The Bertz CT molecular complexity index is 419. The summed E-state index contributed by atoms with van der Waals surface area (Å²) in [5, 5.41) is 3.29. The number of furan rings is 1. The fourth-order valence-electron chi connectivity index (χ4n) is 1.53. The first-order valence-corrected chi connectivity index (χ1v) is 6.10. The third kappa shape index (κ3) is 4.37. The van der Waals surface area contributed by atoms with Gasteiger partial charge in [-0.05, 0) is 31.5 Å². The van der Waals surface area contributed by atoms with Crippen molar-refractivity contribution in [1.82, 2.24) is 5.32 Å². The molecule has 1 heterocycles. The summed E-state index contributed by atoms with van der Waals surface area (Å²) in [6.07, 6.45) is 3.83. The molecule has 0 atom stereocenters. The highest BCUT2D eigenvalue weighted by molar-refractivity contribution is 5.90. The van der Waals surface area contributed by atoms with Crippen molar-refractivity contribution in [3.63, 3.8) is 0 Å². The Morgan fingerprint density at radius 2 is 2.28 bits per heavy atom. The van der Waals surface area contributed by atoms with Crippen LogP contribution in [0.25, 0.3) is 6.08 Å². The molecule has 0 aliphatic heterocycles. The van der Waals surface area contributed by atoms with Crippen LogP contribution < -0.4 is 5.32 Å². The van der Waals surface area contributed by atoms with E-state index in [2.05, 4.69) is 23.9 Å². The van der Waals surface area contributed by atoms with Gasteiger partial charge in [0.05, 0.1) is 7.11 Å². The normalized spacial score (nSPS) is 11.4. The zero-order valence-electron chi connectivity index (χ0n) is 11.4. The van der Waals surface area contributed by atoms with Gasteiger partial charge in [0.2, 0.25) is 0 Å². The molecule has 0 radical (unpaired) electrons. The molecule has 0 aromatic carbocycles. The molecule has 18 heavy (non-hydrogen) atoms. The van der Waals surface area contributed by atoms with E-state index in [4.69, 9.17) is 4.42 Å². The molecule has 0 saturated carbocycles. The van der Waals surface area contributed by atoms with Crippen LogP contribution in [0.5, 0.6) is 0 Å². The molecule has 100 valence electrons. The molecule has 1 aromatic rings. The fraction of sp³-hybridized carbons (Fsp3) is 0.500. The van der Waals surface area contributed by atoms with Gasteiger partial charge in [-0.25, -0.2) is 4.79 Å². The SMILES string of the molecule is COC(=O)c1cc(C=CCNCC(C)C)oc1C. The molecule has 0 spiro atoms. The molecule has 0 unspecified atom stereocenters. The lowest BCUT2D eigenvalue weighted by atomic mass is 10.2. The van der Waals surface area contributed by atoms with Crippen LogP contribution in [0.4, 0.5) is 0 Å². The minimum atomic E-state index is -0.367. The average molecular weight is 251 g/mol. The van der Waals surface area contributed by atoms with Crippen molar-refractivity contribution in [3.05, 3.63) is 29.2 Å². The van der Waals surface area contributed by atoms with E-state index < -0.39 is 0 Å². The van der Waals surface area contributed by atoms with Gasteiger partial charge in [0.1, 0.15) is 17.1 Å². The highest BCUT2D eigenvalue weighted by Crippen LogP contribution is 2.16. The topological polar surface area (TPSA) is 51.5 Å². The molecule has 0 fully saturated rings. The number of aryl methyl sites for hydroxylation is 1. The standard InChI is InChI=1S/C14H21NO3/c1-10(2)9-15-7-5-6-12-8-13(11(3)18-12)14(16)17-4/h5-6,8,10,15H,7,9H2,1-4H3. The molecule has 0 amide bonds. The van der Waals surface area contributed by atoms with Gasteiger partial charge in [-0.3, -0.25) is 0 Å². The number of rotatable bonds is 6. The molecule has 0 bridgehead atoms. The molecule has 1 rings (SSSR count). The van der Waals surface area contributed by atoms with Crippen LogP contribution in [-0.2, 0) is 4.74 Å². The lowest BCUT2D eigenvalue weighted by molar-refractivity contribution is 0.0599. The van der Waals surface area contributed by atoms with Crippen LogP contribution in [-0.4, -0.2) is 26.2 Å². The van der Waals surface area contributed by atoms with Crippen molar-refractivity contribution < 1.29 is 13.9 Å². The van der Waals surface area contributed by atoms with E-state index in [0.29, 0.717) is 23.0 Å². The van der Waals surface area contributed by atoms with Crippen LogP contribution >= 0.6 is 0 Å². The van der Waals surface area contributed by atoms with Gasteiger partial charge in [0.15, 0.2) is 0 Å². The van der Waals surface area contributed by atoms with Gasteiger partial charge in [-0.2, -0.15) is 0 Å². The molecule has 1 N–H and O–H groups in total. The zero-order valence-corrected chi connectivity index (χ0v) is 11.4. The summed E-state index contributed by atoms with van der Waals surface area (Å²) in [4.78, 5) is 11.4. The van der Waals surface area contributed by atoms with E-state index in [1.807, 2.05) is 12.2 Å². The van der Waals surface area contributed by atoms with Gasteiger partial charge in [0, 0.05) is 6.54 Å². The van der Waals surface area contributed by atoms with E-state index >= 15 is 0 Å². The molecular weight excluding hydrogens is 230 g/mol. The molecule has 1 aromatic heterocycles. The number of ether oxygens (including phenoxy) is 1. The van der Waals surface area contributed by atoms with Gasteiger partial charge in [-0.1, -0.05) is 19.9 Å². The molecule has 0 aliphatic rings. The van der Waals surface area contributed by atoms with Crippen LogP contribution in [0.2, 0.25) is 0 Å². The Labute approximate surface area is 108 Å². The first-order valence-electron chi connectivity index (χ1n) is 6.10. The molecular formula is C14H21NO3. The van der Waals surface area contributed by atoms with Crippen molar-refractivity contribution in [1.29, 1.82) is 0 Å². The largest absolute Gasteiger partial charge is 0.465 e. The Morgan fingerprint density at radius 3 is 2.89 bits per heavy atom. The summed E-state index contributed by atoms with van der Waals surface area (Å²) in [7, 11) is 1.36. The van der Waals surface area contributed by atoms with E-state index in [0.717, 1.165) is 13.1 Å². The second kappa shape index (κ2) is 7.01. The first-order chi connectivity index (χ1) is 8.54. The van der Waals surface area contributed by atoms with Gasteiger partial charge < -0.3 is 14.5 Å². The quantitative estimate of drug-likeness (QED) is 0.623. The first kappa shape index (κ1) is 14.5. The molecule has 0 aliphatic carbocycles. The number of carbonyl (C=O) groups excluding carboxylic acids is 1. The van der Waals surface area contributed by atoms with Crippen molar-refractivity contribution in [2.75, 3.05) is 20.2 Å². The molecule has 4 nitrogen and oxygen atoms in total. The Balaban J connectivity index is 2.53. The smallest absolute Gasteiger partial charge is 0.341 e. The second-order valence-corrected chi connectivity index (χ2v) is 4.56. The van der Waals surface area contributed by atoms with Crippen LogP contribution in [0.1, 0.15) is 35.7 Å². The Morgan fingerprint density at radius 1 is 1.56 bits per heavy atom. The van der Waals surface area contributed by atoms with Gasteiger partial charge >= 0.3 is 5.97 Å².